The molecule has 1 atom stereocenters. The van der Waals surface area contributed by atoms with E-state index in [0.29, 0.717) is 0 Å². The maximum Gasteiger partial charge on any atom is 0.155 e. The summed E-state index contributed by atoms with van der Waals surface area (Å²) in [5, 5.41) is 4.25. The Kier molecular flexibility index (Phi) is 4.24. The Hall–Kier alpha value is -1.43. The lowest BCUT2D eigenvalue weighted by atomic mass is 10.1. The first-order valence-corrected chi connectivity index (χ1v) is 7.77. The van der Waals surface area contributed by atoms with Gasteiger partial charge in [-0.05, 0) is 40.5 Å². The Morgan fingerprint density at radius 3 is 2.76 bits per heavy atom. The molecule has 0 radical (unpaired) electrons. The first kappa shape index (κ1) is 14.5. The summed E-state index contributed by atoms with van der Waals surface area (Å²) < 4.78 is 2.82. The van der Waals surface area contributed by atoms with Crippen molar-refractivity contribution in [3.05, 3.63) is 63.7 Å². The molecule has 0 saturated carbocycles. The van der Waals surface area contributed by atoms with Gasteiger partial charge in [0.2, 0.25) is 0 Å². The zero-order chi connectivity index (χ0) is 14.8. The van der Waals surface area contributed by atoms with Gasteiger partial charge in [0.05, 0.1) is 18.1 Å². The van der Waals surface area contributed by atoms with Gasteiger partial charge in [0, 0.05) is 23.8 Å². The molecule has 0 fully saturated rings. The highest BCUT2D eigenvalue weighted by atomic mass is 79.9. The molecule has 0 saturated heterocycles. The first-order chi connectivity index (χ1) is 10.1. The third kappa shape index (κ3) is 3.26. The molecule has 108 valence electrons. The molecule has 6 heteroatoms. The van der Waals surface area contributed by atoms with E-state index < -0.39 is 0 Å². The number of nitrogens with zero attached hydrogens (tertiary/aromatic N) is 3. The molecular formula is C15H14BrClN4. The molecule has 21 heavy (non-hydrogen) atoms. The summed E-state index contributed by atoms with van der Waals surface area (Å²) in [5.41, 5.74) is 3.14. The molecule has 2 aromatic heterocycles. The van der Waals surface area contributed by atoms with Crippen LogP contribution in [0, 0.1) is 0 Å². The van der Waals surface area contributed by atoms with Crippen molar-refractivity contribution in [1.29, 1.82) is 0 Å². The standard InChI is InChI=1S/C15H14BrClN4/c1-10(11-2-4-12(17)5-3-11)18-6-13-7-20-15-8-19-14(16)9-21(13)15/h2-5,7-10,18H,6H2,1H3. The van der Waals surface area contributed by atoms with E-state index in [4.69, 9.17) is 11.6 Å². The molecule has 2 heterocycles. The van der Waals surface area contributed by atoms with Gasteiger partial charge >= 0.3 is 0 Å². The molecule has 0 aliphatic heterocycles. The van der Waals surface area contributed by atoms with Gasteiger partial charge in [-0.25, -0.2) is 9.97 Å². The largest absolute Gasteiger partial charge is 0.305 e. The lowest BCUT2D eigenvalue weighted by Crippen LogP contribution is -2.19. The van der Waals surface area contributed by atoms with Gasteiger partial charge in [-0.2, -0.15) is 0 Å². The second-order valence-corrected chi connectivity index (χ2v) is 6.09. The van der Waals surface area contributed by atoms with Gasteiger partial charge in [0.25, 0.3) is 0 Å². The minimum absolute atomic E-state index is 0.234. The minimum atomic E-state index is 0.234. The highest BCUT2D eigenvalue weighted by Gasteiger charge is 2.08. The number of nitrogens with one attached hydrogen (secondary N) is 1. The van der Waals surface area contributed by atoms with Crippen molar-refractivity contribution in [2.24, 2.45) is 0 Å². The van der Waals surface area contributed by atoms with E-state index in [0.717, 1.165) is 27.5 Å². The molecule has 1 N–H and O–H groups in total. The van der Waals surface area contributed by atoms with Crippen LogP contribution in [0.5, 0.6) is 0 Å². The molecule has 3 aromatic rings. The maximum absolute atomic E-state index is 5.91. The second-order valence-electron chi connectivity index (χ2n) is 4.84. The Morgan fingerprint density at radius 1 is 1.24 bits per heavy atom. The number of rotatable bonds is 4. The van der Waals surface area contributed by atoms with E-state index in [1.807, 2.05) is 41.1 Å². The van der Waals surface area contributed by atoms with Gasteiger partial charge in [0.15, 0.2) is 5.65 Å². The van der Waals surface area contributed by atoms with Crippen LogP contribution in [0.15, 0.2) is 47.5 Å². The summed E-state index contributed by atoms with van der Waals surface area (Å²) >= 11 is 9.29. The molecule has 0 bridgehead atoms. The zero-order valence-electron chi connectivity index (χ0n) is 11.4. The number of hydrogen-bond acceptors (Lipinski definition) is 3. The topological polar surface area (TPSA) is 42.2 Å². The fourth-order valence-electron chi connectivity index (χ4n) is 2.17. The number of hydrogen-bond donors (Lipinski definition) is 1. The number of fused-ring (bicyclic) bond motifs is 1. The monoisotopic (exact) mass is 364 g/mol. The normalized spacial score (nSPS) is 12.7. The highest BCUT2D eigenvalue weighted by Crippen LogP contribution is 2.17. The van der Waals surface area contributed by atoms with Crippen LogP contribution in [-0.4, -0.2) is 14.4 Å². The van der Waals surface area contributed by atoms with Crippen molar-refractivity contribution in [2.75, 3.05) is 0 Å². The Labute approximate surface area is 136 Å². The molecular weight excluding hydrogens is 352 g/mol. The van der Waals surface area contributed by atoms with Crippen LogP contribution in [0.1, 0.15) is 24.2 Å². The van der Waals surface area contributed by atoms with Crippen LogP contribution in [0.4, 0.5) is 0 Å². The lowest BCUT2D eigenvalue weighted by molar-refractivity contribution is 0.565. The average molecular weight is 366 g/mol. The average Bonchev–Trinajstić information content (AvgIpc) is 2.88. The number of aromatic nitrogens is 3. The lowest BCUT2D eigenvalue weighted by Gasteiger charge is -2.14. The smallest absolute Gasteiger partial charge is 0.155 e. The van der Waals surface area contributed by atoms with Crippen molar-refractivity contribution in [3.63, 3.8) is 0 Å². The van der Waals surface area contributed by atoms with Crippen LogP contribution >= 0.6 is 27.5 Å². The van der Waals surface area contributed by atoms with Crippen LogP contribution < -0.4 is 5.32 Å². The molecule has 1 unspecified atom stereocenters. The Bertz CT molecular complexity index is 754. The van der Waals surface area contributed by atoms with Crippen molar-refractivity contribution in [1.82, 2.24) is 19.7 Å². The summed E-state index contributed by atoms with van der Waals surface area (Å²) in [6, 6.07) is 8.13. The van der Waals surface area contributed by atoms with E-state index in [2.05, 4.69) is 38.1 Å². The van der Waals surface area contributed by atoms with Crippen molar-refractivity contribution in [3.8, 4) is 0 Å². The fourth-order valence-corrected chi connectivity index (χ4v) is 2.61. The Balaban J connectivity index is 1.74. The van der Waals surface area contributed by atoms with E-state index in [-0.39, 0.29) is 6.04 Å². The number of imidazole rings is 1. The third-order valence-electron chi connectivity index (χ3n) is 3.40. The molecule has 0 aliphatic rings. The summed E-state index contributed by atoms with van der Waals surface area (Å²) in [6.07, 6.45) is 5.54. The first-order valence-electron chi connectivity index (χ1n) is 6.60. The molecule has 4 nitrogen and oxygen atoms in total. The highest BCUT2D eigenvalue weighted by molar-refractivity contribution is 9.10. The predicted molar refractivity (Wildman–Crippen MR) is 87.4 cm³/mol. The van der Waals surface area contributed by atoms with E-state index >= 15 is 0 Å². The number of halogens is 2. The van der Waals surface area contributed by atoms with Gasteiger partial charge in [-0.1, -0.05) is 23.7 Å². The summed E-state index contributed by atoms with van der Waals surface area (Å²) in [7, 11) is 0. The quantitative estimate of drug-likeness (QED) is 0.760. The fraction of sp³-hybridized carbons (Fsp3) is 0.200. The van der Waals surface area contributed by atoms with Gasteiger partial charge in [-0.3, -0.25) is 4.40 Å². The molecule has 1 aromatic carbocycles. The van der Waals surface area contributed by atoms with Gasteiger partial charge < -0.3 is 5.32 Å². The molecule has 3 rings (SSSR count). The van der Waals surface area contributed by atoms with Crippen molar-refractivity contribution in [2.45, 2.75) is 19.5 Å². The van der Waals surface area contributed by atoms with Crippen LogP contribution in [0.25, 0.3) is 5.65 Å². The zero-order valence-corrected chi connectivity index (χ0v) is 13.8. The van der Waals surface area contributed by atoms with Crippen LogP contribution in [-0.2, 0) is 6.54 Å². The van der Waals surface area contributed by atoms with E-state index in [9.17, 15) is 0 Å². The minimum Gasteiger partial charge on any atom is -0.305 e. The predicted octanol–water partition coefficient (Wildman–Crippen LogP) is 4.00. The summed E-state index contributed by atoms with van der Waals surface area (Å²) in [6.45, 7) is 2.85. The summed E-state index contributed by atoms with van der Waals surface area (Å²) in [5.74, 6) is 0. The maximum atomic E-state index is 5.91. The van der Waals surface area contributed by atoms with Crippen molar-refractivity contribution < 1.29 is 0 Å². The molecule has 0 spiro atoms. The van der Waals surface area contributed by atoms with Crippen LogP contribution in [0.2, 0.25) is 5.02 Å². The number of benzene rings is 1. The van der Waals surface area contributed by atoms with Crippen molar-refractivity contribution >= 4 is 33.2 Å². The van der Waals surface area contributed by atoms with Crippen LogP contribution in [0.3, 0.4) is 0 Å². The SMILES string of the molecule is CC(NCc1cnc2cnc(Br)cn12)c1ccc(Cl)cc1. The van der Waals surface area contributed by atoms with E-state index in [1.54, 1.807) is 6.20 Å². The van der Waals surface area contributed by atoms with Gasteiger partial charge in [-0.15, -0.1) is 0 Å². The van der Waals surface area contributed by atoms with Gasteiger partial charge in [0.1, 0.15) is 4.60 Å². The molecule has 0 aliphatic carbocycles. The Morgan fingerprint density at radius 2 is 2.00 bits per heavy atom. The third-order valence-corrected chi connectivity index (χ3v) is 4.06. The van der Waals surface area contributed by atoms with E-state index in [1.165, 1.54) is 5.56 Å². The molecule has 0 amide bonds. The second kappa shape index (κ2) is 6.13. The summed E-state index contributed by atoms with van der Waals surface area (Å²) in [4.78, 5) is 8.52.